The lowest BCUT2D eigenvalue weighted by Gasteiger charge is -2.37. The summed E-state index contributed by atoms with van der Waals surface area (Å²) in [7, 11) is 6.52. The number of hydrogen-bond donors (Lipinski definition) is 1. The fourth-order valence-corrected chi connectivity index (χ4v) is 9.41. The van der Waals surface area contributed by atoms with Crippen LogP contribution in [-0.2, 0) is 26.6 Å². The van der Waals surface area contributed by atoms with Gasteiger partial charge in [-0.2, -0.15) is 0 Å². The summed E-state index contributed by atoms with van der Waals surface area (Å²) in [6, 6.07) is 5.73. The van der Waals surface area contributed by atoms with Crippen molar-refractivity contribution in [2.24, 2.45) is 13.0 Å². The molecule has 13 nitrogen and oxygen atoms in total. The smallest absolute Gasteiger partial charge is 0.317 e. The summed E-state index contributed by atoms with van der Waals surface area (Å²) in [6.45, 7) is 5.68. The largest absolute Gasteiger partial charge is 0.496 e. The predicted molar refractivity (Wildman–Crippen MR) is 224 cm³/mol. The van der Waals surface area contributed by atoms with Gasteiger partial charge in [-0.25, -0.2) is 31.6 Å². The molecule has 8 rings (SSSR count). The van der Waals surface area contributed by atoms with Gasteiger partial charge in [0.2, 0.25) is 0 Å². The Labute approximate surface area is 360 Å². The van der Waals surface area contributed by atoms with E-state index < -0.39 is 63.4 Å². The van der Waals surface area contributed by atoms with E-state index in [1.165, 1.54) is 4.90 Å². The number of halogens is 5. The average Bonchev–Trinajstić information content (AvgIpc) is 3.55. The van der Waals surface area contributed by atoms with E-state index in [0.717, 1.165) is 73.5 Å². The number of anilines is 2. The molecular formula is C45H48F5N7O6. The van der Waals surface area contributed by atoms with Crippen molar-refractivity contribution in [1.82, 2.24) is 24.6 Å². The number of piperazine rings is 1. The number of carbonyl (C=O) groups excluding carboxylic acids is 3. The molecule has 3 aromatic carbocycles. The zero-order valence-electron chi connectivity index (χ0n) is 35.5. The maximum atomic E-state index is 16.0. The monoisotopic (exact) mass is 877 g/mol. The van der Waals surface area contributed by atoms with Crippen molar-refractivity contribution < 1.29 is 45.8 Å². The number of fused-ring (bicyclic) bond motifs is 2. The number of aryl methyl sites for hydroxylation is 1. The van der Waals surface area contributed by atoms with Gasteiger partial charge in [-0.15, -0.1) is 0 Å². The lowest BCUT2D eigenvalue weighted by molar-refractivity contribution is 0.0922. The van der Waals surface area contributed by atoms with Crippen LogP contribution in [-0.4, -0.2) is 111 Å². The Kier molecular flexibility index (Phi) is 12.2. The van der Waals surface area contributed by atoms with Crippen LogP contribution in [0, 0.1) is 35.0 Å². The molecule has 0 bridgehead atoms. The number of pyridine rings is 1. The SMILES string of the molecule is CNC(=O)N1CCc2c(-c3cc(OC)c(CN4CCN(CCC5CCN(c6c(F)c(F)c7c(c6F)C(=O)N(c6ccc(F)cc6F)C7=O)CC5)CC4)c(OC)c3)cn(C)c(=O)c2C1. The molecule has 63 heavy (non-hydrogen) atoms. The van der Waals surface area contributed by atoms with Crippen LogP contribution in [0.25, 0.3) is 11.1 Å². The molecule has 0 atom stereocenters. The molecule has 5 heterocycles. The van der Waals surface area contributed by atoms with Crippen LogP contribution >= 0.6 is 0 Å². The Hall–Kier alpha value is -6.01. The maximum Gasteiger partial charge on any atom is 0.317 e. The molecule has 0 unspecified atom stereocenters. The highest BCUT2D eigenvalue weighted by molar-refractivity contribution is 6.35. The molecular weight excluding hydrogens is 830 g/mol. The third kappa shape index (κ3) is 7.98. The molecule has 2 fully saturated rings. The highest BCUT2D eigenvalue weighted by atomic mass is 19.2. The Balaban J connectivity index is 0.874. The highest BCUT2D eigenvalue weighted by Gasteiger charge is 2.46. The lowest BCUT2D eigenvalue weighted by Crippen LogP contribution is -2.46. The van der Waals surface area contributed by atoms with Crippen molar-refractivity contribution >= 4 is 29.2 Å². The van der Waals surface area contributed by atoms with Crippen LogP contribution in [0.4, 0.5) is 38.1 Å². The van der Waals surface area contributed by atoms with Crippen molar-refractivity contribution in [1.29, 1.82) is 0 Å². The first kappa shape index (κ1) is 43.6. The standard InChI is InChI=1S/C45H48F5N7O6/c1-51-45(61)56-14-10-28-29(22-52(2)42(58)30(28)24-56)26-19-34(62-3)31(35(20-26)63-4)23-54-17-15-53(16-18-54)11-7-25-8-12-55(13-9-25)41-39(49)37-36(38(48)40(41)50)43(59)57(44(37)60)33-6-5-27(46)21-32(33)47/h5-6,19-22,25H,7-18,23-24H2,1-4H3,(H,51,61). The van der Waals surface area contributed by atoms with E-state index in [0.29, 0.717) is 55.5 Å². The molecule has 18 heteroatoms. The minimum atomic E-state index is -1.70. The molecule has 2 saturated heterocycles. The third-order valence-corrected chi connectivity index (χ3v) is 12.9. The number of ether oxygens (including phenoxy) is 2. The van der Waals surface area contributed by atoms with Crippen molar-refractivity contribution in [2.75, 3.05) is 83.4 Å². The van der Waals surface area contributed by atoms with E-state index in [-0.39, 0.29) is 42.0 Å². The van der Waals surface area contributed by atoms with Crippen molar-refractivity contribution in [2.45, 2.75) is 38.8 Å². The van der Waals surface area contributed by atoms with Gasteiger partial charge in [0.05, 0.1) is 43.1 Å². The number of nitrogens with zero attached hydrogens (tertiary/aromatic N) is 6. The number of urea groups is 1. The van der Waals surface area contributed by atoms with E-state index >= 15 is 13.2 Å². The zero-order chi connectivity index (χ0) is 44.9. The predicted octanol–water partition coefficient (Wildman–Crippen LogP) is 5.69. The minimum Gasteiger partial charge on any atom is -0.496 e. The number of aromatic nitrogens is 1. The quantitative estimate of drug-likeness (QED) is 0.122. The van der Waals surface area contributed by atoms with Crippen molar-refractivity contribution in [3.05, 3.63) is 104 Å². The Bertz CT molecular complexity index is 2530. The second-order valence-electron chi connectivity index (χ2n) is 16.4. The molecule has 4 aromatic rings. The van der Waals surface area contributed by atoms with Crippen LogP contribution in [0.3, 0.4) is 0 Å². The number of piperidine rings is 1. The van der Waals surface area contributed by atoms with Gasteiger partial charge in [0.15, 0.2) is 17.5 Å². The van der Waals surface area contributed by atoms with E-state index in [1.807, 2.05) is 18.3 Å². The number of hydrogen-bond acceptors (Lipinski definition) is 9. The average molecular weight is 878 g/mol. The van der Waals surface area contributed by atoms with Gasteiger partial charge < -0.3 is 34.1 Å². The summed E-state index contributed by atoms with van der Waals surface area (Å²) in [5.41, 5.74) is 0.435. The van der Waals surface area contributed by atoms with Gasteiger partial charge in [0.25, 0.3) is 17.4 Å². The number of nitrogens with one attached hydrogen (secondary N) is 1. The molecule has 0 saturated carbocycles. The van der Waals surface area contributed by atoms with Crippen LogP contribution in [0.5, 0.6) is 11.5 Å². The first-order chi connectivity index (χ1) is 30.2. The molecule has 4 aliphatic heterocycles. The number of imide groups is 1. The topological polar surface area (TPSA) is 120 Å². The second kappa shape index (κ2) is 17.6. The summed E-state index contributed by atoms with van der Waals surface area (Å²) >= 11 is 0. The van der Waals surface area contributed by atoms with Gasteiger partial charge >= 0.3 is 6.03 Å². The van der Waals surface area contributed by atoms with Crippen LogP contribution in [0.2, 0.25) is 0 Å². The van der Waals surface area contributed by atoms with Crippen LogP contribution < -0.4 is 30.1 Å². The maximum absolute atomic E-state index is 16.0. The Morgan fingerprint density at radius 1 is 0.794 bits per heavy atom. The highest BCUT2D eigenvalue weighted by Crippen LogP contribution is 2.41. The Morgan fingerprint density at radius 3 is 2.05 bits per heavy atom. The van der Waals surface area contributed by atoms with Crippen molar-refractivity contribution in [3.8, 4) is 22.6 Å². The summed E-state index contributed by atoms with van der Waals surface area (Å²) < 4.78 is 88.4. The zero-order valence-corrected chi connectivity index (χ0v) is 35.5. The number of benzene rings is 3. The fourth-order valence-electron chi connectivity index (χ4n) is 9.41. The Morgan fingerprint density at radius 2 is 1.43 bits per heavy atom. The summed E-state index contributed by atoms with van der Waals surface area (Å²) in [6.07, 6.45) is 4.31. The first-order valence-electron chi connectivity index (χ1n) is 20.9. The molecule has 1 aromatic heterocycles. The van der Waals surface area contributed by atoms with E-state index in [2.05, 4.69) is 15.1 Å². The van der Waals surface area contributed by atoms with E-state index in [1.54, 1.807) is 37.8 Å². The van der Waals surface area contributed by atoms with Crippen LogP contribution in [0.15, 0.2) is 41.3 Å². The van der Waals surface area contributed by atoms with Crippen molar-refractivity contribution in [3.63, 3.8) is 0 Å². The first-order valence-corrected chi connectivity index (χ1v) is 20.9. The van der Waals surface area contributed by atoms with Gasteiger partial charge in [-0.1, -0.05) is 0 Å². The van der Waals surface area contributed by atoms with Gasteiger partial charge in [0.1, 0.15) is 28.8 Å². The third-order valence-electron chi connectivity index (χ3n) is 12.9. The van der Waals surface area contributed by atoms with Gasteiger partial charge in [-0.05, 0) is 73.5 Å². The van der Waals surface area contributed by atoms with E-state index in [9.17, 15) is 28.0 Å². The summed E-state index contributed by atoms with van der Waals surface area (Å²) in [4.78, 5) is 59.7. The fraction of sp³-hybridized carbons (Fsp3) is 0.422. The minimum absolute atomic E-state index is 0.140. The number of amides is 4. The van der Waals surface area contributed by atoms with Crippen LogP contribution in [0.1, 0.15) is 56.7 Å². The van der Waals surface area contributed by atoms with Gasteiger partial charge in [0, 0.05) is 89.8 Å². The summed E-state index contributed by atoms with van der Waals surface area (Å²) in [5.74, 6) is -8.22. The number of carbonyl (C=O) groups is 3. The normalized spacial score (nSPS) is 17.3. The van der Waals surface area contributed by atoms with E-state index in [4.69, 9.17) is 9.47 Å². The molecule has 1 N–H and O–H groups in total. The number of methoxy groups -OCH3 is 2. The van der Waals surface area contributed by atoms with Gasteiger partial charge in [-0.3, -0.25) is 19.3 Å². The lowest BCUT2D eigenvalue weighted by atomic mass is 9.91. The molecule has 0 aliphatic carbocycles. The summed E-state index contributed by atoms with van der Waals surface area (Å²) in [5, 5.41) is 2.64. The second-order valence-corrected chi connectivity index (χ2v) is 16.4. The number of rotatable bonds is 10. The molecule has 0 radical (unpaired) electrons. The molecule has 4 aliphatic rings. The molecule has 0 spiro atoms. The molecule has 334 valence electrons. The molecule has 4 amide bonds.